The van der Waals surface area contributed by atoms with Crippen LogP contribution in [-0.2, 0) is 4.74 Å². The van der Waals surface area contributed by atoms with Crippen LogP contribution in [-0.4, -0.2) is 24.4 Å². The average molecular weight is 198 g/mol. The van der Waals surface area contributed by atoms with Gasteiger partial charge >= 0.3 is 0 Å². The molecule has 1 saturated carbocycles. The minimum absolute atomic E-state index is 0.350. The standard InChI is InChI=1S/C12H22O2/c1-2-3-4-9-14-12-7-5-11(10-13)6-8-12/h2,11-13H,1,3-10H2. The van der Waals surface area contributed by atoms with Crippen LogP contribution in [0.15, 0.2) is 12.7 Å². The maximum absolute atomic E-state index is 8.97. The molecule has 0 heterocycles. The van der Waals surface area contributed by atoms with Gasteiger partial charge in [-0.1, -0.05) is 6.08 Å². The van der Waals surface area contributed by atoms with Gasteiger partial charge in [-0.25, -0.2) is 0 Å². The van der Waals surface area contributed by atoms with Crippen molar-refractivity contribution in [2.45, 2.75) is 44.6 Å². The summed E-state index contributed by atoms with van der Waals surface area (Å²) in [5, 5.41) is 8.97. The Morgan fingerprint density at radius 1 is 1.29 bits per heavy atom. The number of hydrogen-bond acceptors (Lipinski definition) is 2. The maximum atomic E-state index is 8.97. The van der Waals surface area contributed by atoms with Gasteiger partial charge in [0.25, 0.3) is 0 Å². The van der Waals surface area contributed by atoms with E-state index in [2.05, 4.69) is 6.58 Å². The van der Waals surface area contributed by atoms with E-state index in [4.69, 9.17) is 9.84 Å². The van der Waals surface area contributed by atoms with E-state index in [1.54, 1.807) is 0 Å². The zero-order valence-corrected chi connectivity index (χ0v) is 8.95. The van der Waals surface area contributed by atoms with Crippen molar-refractivity contribution in [1.82, 2.24) is 0 Å². The van der Waals surface area contributed by atoms with Crippen molar-refractivity contribution in [3.05, 3.63) is 12.7 Å². The van der Waals surface area contributed by atoms with E-state index < -0.39 is 0 Å². The first kappa shape index (κ1) is 11.7. The van der Waals surface area contributed by atoms with Crippen molar-refractivity contribution in [1.29, 1.82) is 0 Å². The molecule has 1 rings (SSSR count). The van der Waals surface area contributed by atoms with Crippen LogP contribution in [0.1, 0.15) is 38.5 Å². The summed E-state index contributed by atoms with van der Waals surface area (Å²) in [4.78, 5) is 0. The second-order valence-corrected chi connectivity index (χ2v) is 4.13. The molecule has 1 fully saturated rings. The van der Waals surface area contributed by atoms with Gasteiger partial charge in [0.05, 0.1) is 6.10 Å². The first-order valence-corrected chi connectivity index (χ1v) is 5.70. The van der Waals surface area contributed by atoms with Crippen molar-refractivity contribution in [2.24, 2.45) is 5.92 Å². The van der Waals surface area contributed by atoms with E-state index in [0.717, 1.165) is 45.1 Å². The summed E-state index contributed by atoms with van der Waals surface area (Å²) < 4.78 is 5.75. The summed E-state index contributed by atoms with van der Waals surface area (Å²) in [6.07, 6.45) is 9.02. The highest BCUT2D eigenvalue weighted by Gasteiger charge is 2.20. The Hall–Kier alpha value is -0.340. The van der Waals surface area contributed by atoms with E-state index >= 15 is 0 Å². The molecule has 82 valence electrons. The van der Waals surface area contributed by atoms with Gasteiger partial charge < -0.3 is 9.84 Å². The Balaban J connectivity index is 2.01. The van der Waals surface area contributed by atoms with Crippen LogP contribution in [0.2, 0.25) is 0 Å². The maximum Gasteiger partial charge on any atom is 0.0575 e. The molecule has 1 aliphatic carbocycles. The molecule has 2 nitrogen and oxygen atoms in total. The third-order valence-corrected chi connectivity index (χ3v) is 2.96. The molecular formula is C12H22O2. The molecule has 14 heavy (non-hydrogen) atoms. The number of allylic oxidation sites excluding steroid dienone is 1. The first-order chi connectivity index (χ1) is 6.86. The second kappa shape index (κ2) is 7.02. The number of hydrogen-bond donors (Lipinski definition) is 1. The molecule has 0 radical (unpaired) electrons. The Kier molecular flexibility index (Phi) is 5.88. The van der Waals surface area contributed by atoms with E-state index in [1.807, 2.05) is 6.08 Å². The Morgan fingerprint density at radius 2 is 2.00 bits per heavy atom. The summed E-state index contributed by atoms with van der Waals surface area (Å²) in [5.41, 5.74) is 0. The van der Waals surface area contributed by atoms with Gasteiger partial charge in [0.15, 0.2) is 0 Å². The fourth-order valence-electron chi connectivity index (χ4n) is 1.96. The molecule has 0 unspecified atom stereocenters. The van der Waals surface area contributed by atoms with E-state index in [-0.39, 0.29) is 0 Å². The Morgan fingerprint density at radius 3 is 2.57 bits per heavy atom. The lowest BCUT2D eigenvalue weighted by molar-refractivity contribution is 0.0106. The van der Waals surface area contributed by atoms with Crippen LogP contribution in [0.4, 0.5) is 0 Å². The van der Waals surface area contributed by atoms with Gasteiger partial charge in [-0.15, -0.1) is 6.58 Å². The molecule has 0 aromatic rings. The Labute approximate surface area is 87.0 Å². The van der Waals surface area contributed by atoms with Crippen LogP contribution >= 0.6 is 0 Å². The molecular weight excluding hydrogens is 176 g/mol. The molecule has 0 aliphatic heterocycles. The lowest BCUT2D eigenvalue weighted by atomic mass is 9.88. The van der Waals surface area contributed by atoms with E-state index in [0.29, 0.717) is 18.6 Å². The second-order valence-electron chi connectivity index (χ2n) is 4.13. The third-order valence-electron chi connectivity index (χ3n) is 2.96. The van der Waals surface area contributed by atoms with E-state index in [9.17, 15) is 0 Å². The first-order valence-electron chi connectivity index (χ1n) is 5.70. The lowest BCUT2D eigenvalue weighted by Crippen LogP contribution is -2.23. The predicted molar refractivity (Wildman–Crippen MR) is 58.2 cm³/mol. The van der Waals surface area contributed by atoms with Crippen molar-refractivity contribution in [3.63, 3.8) is 0 Å². The lowest BCUT2D eigenvalue weighted by Gasteiger charge is -2.27. The minimum Gasteiger partial charge on any atom is -0.396 e. The normalized spacial score (nSPS) is 27.5. The highest BCUT2D eigenvalue weighted by molar-refractivity contribution is 4.72. The van der Waals surface area contributed by atoms with Crippen molar-refractivity contribution >= 4 is 0 Å². The highest BCUT2D eigenvalue weighted by atomic mass is 16.5. The van der Waals surface area contributed by atoms with Crippen LogP contribution < -0.4 is 0 Å². The van der Waals surface area contributed by atoms with Gasteiger partial charge in [0.2, 0.25) is 0 Å². The largest absolute Gasteiger partial charge is 0.396 e. The monoisotopic (exact) mass is 198 g/mol. The molecule has 1 N–H and O–H groups in total. The molecule has 0 aromatic heterocycles. The smallest absolute Gasteiger partial charge is 0.0575 e. The molecule has 2 heteroatoms. The highest BCUT2D eigenvalue weighted by Crippen LogP contribution is 2.25. The minimum atomic E-state index is 0.350. The van der Waals surface area contributed by atoms with Gasteiger partial charge in [-0.05, 0) is 44.4 Å². The van der Waals surface area contributed by atoms with Crippen molar-refractivity contribution in [3.8, 4) is 0 Å². The topological polar surface area (TPSA) is 29.5 Å². The van der Waals surface area contributed by atoms with Gasteiger partial charge in [0, 0.05) is 13.2 Å². The van der Waals surface area contributed by atoms with Crippen molar-refractivity contribution < 1.29 is 9.84 Å². The quantitative estimate of drug-likeness (QED) is 0.525. The summed E-state index contributed by atoms with van der Waals surface area (Å²) >= 11 is 0. The van der Waals surface area contributed by atoms with Crippen LogP contribution in [0.25, 0.3) is 0 Å². The van der Waals surface area contributed by atoms with E-state index in [1.165, 1.54) is 0 Å². The molecule has 0 amide bonds. The number of ether oxygens (including phenoxy) is 1. The summed E-state index contributed by atoms with van der Waals surface area (Å²) in [7, 11) is 0. The number of aliphatic hydroxyl groups is 1. The average Bonchev–Trinajstić information content (AvgIpc) is 2.25. The summed E-state index contributed by atoms with van der Waals surface area (Å²) in [6.45, 7) is 4.89. The van der Waals surface area contributed by atoms with Crippen molar-refractivity contribution in [2.75, 3.05) is 13.2 Å². The summed E-state index contributed by atoms with van der Waals surface area (Å²) in [6, 6.07) is 0. The third kappa shape index (κ3) is 4.25. The SMILES string of the molecule is C=CCCCOC1CCC(CO)CC1. The molecule has 1 aliphatic rings. The molecule has 0 saturated heterocycles. The molecule has 0 aromatic carbocycles. The number of rotatable bonds is 6. The molecule has 0 spiro atoms. The molecule has 0 bridgehead atoms. The fraction of sp³-hybridized carbons (Fsp3) is 0.833. The van der Waals surface area contributed by atoms with Crippen LogP contribution in [0, 0.1) is 5.92 Å². The Bertz CT molecular complexity index is 148. The molecule has 0 atom stereocenters. The van der Waals surface area contributed by atoms with Crippen LogP contribution in [0.5, 0.6) is 0 Å². The fourth-order valence-corrected chi connectivity index (χ4v) is 1.96. The number of unbranched alkanes of at least 4 members (excludes halogenated alkanes) is 1. The van der Waals surface area contributed by atoms with Gasteiger partial charge in [-0.3, -0.25) is 0 Å². The predicted octanol–water partition coefficient (Wildman–Crippen LogP) is 2.52. The van der Waals surface area contributed by atoms with Gasteiger partial charge in [-0.2, -0.15) is 0 Å². The van der Waals surface area contributed by atoms with Crippen LogP contribution in [0.3, 0.4) is 0 Å². The zero-order chi connectivity index (χ0) is 10.2. The zero-order valence-electron chi connectivity index (χ0n) is 8.95. The van der Waals surface area contributed by atoms with Gasteiger partial charge in [0.1, 0.15) is 0 Å². The summed E-state index contributed by atoms with van der Waals surface area (Å²) in [5.74, 6) is 0.531. The number of aliphatic hydroxyl groups excluding tert-OH is 1.